The molecule has 3 aromatic rings. The maximum atomic E-state index is 13.2. The summed E-state index contributed by atoms with van der Waals surface area (Å²) in [6.07, 6.45) is 0.807. The van der Waals surface area contributed by atoms with E-state index >= 15 is 0 Å². The largest absolute Gasteiger partial charge is 0.462 e. The van der Waals surface area contributed by atoms with Crippen molar-refractivity contribution in [2.24, 2.45) is 4.99 Å². The number of hydrogen-bond donors (Lipinski definition) is 1. The van der Waals surface area contributed by atoms with Gasteiger partial charge in [-0.15, -0.1) is 0 Å². The van der Waals surface area contributed by atoms with Gasteiger partial charge in [-0.25, -0.2) is 9.79 Å². The van der Waals surface area contributed by atoms with Gasteiger partial charge in [-0.3, -0.25) is 14.5 Å². The number of nitrogens with zero attached hydrogens (tertiary/aromatic N) is 2. The first-order valence-corrected chi connectivity index (χ1v) is 13.1. The number of benzene rings is 3. The van der Waals surface area contributed by atoms with Crippen LogP contribution in [-0.2, 0) is 27.3 Å². The van der Waals surface area contributed by atoms with Crippen LogP contribution in [0.1, 0.15) is 34.8 Å². The second-order valence-corrected chi connectivity index (χ2v) is 9.63. The lowest BCUT2D eigenvalue weighted by atomic mass is 10.1. The highest BCUT2D eigenvalue weighted by Crippen LogP contribution is 2.30. The van der Waals surface area contributed by atoms with Crippen molar-refractivity contribution in [3.8, 4) is 0 Å². The number of nitrogens with one attached hydrogen (secondary N) is 1. The zero-order valence-electron chi connectivity index (χ0n) is 20.6. The third kappa shape index (κ3) is 7.30. The molecule has 1 N–H and O–H groups in total. The van der Waals surface area contributed by atoms with Crippen molar-refractivity contribution in [1.29, 1.82) is 0 Å². The fraction of sp³-hybridized carbons (Fsp3) is 0.241. The van der Waals surface area contributed by atoms with Crippen LogP contribution in [-0.4, -0.2) is 46.3 Å². The molecule has 0 aliphatic carbocycles. The molecule has 1 unspecified atom stereocenters. The quantitative estimate of drug-likeness (QED) is 0.416. The molecule has 2 amide bonds. The Balaban J connectivity index is 1.50. The molecule has 3 aromatic carbocycles. The van der Waals surface area contributed by atoms with E-state index in [4.69, 9.17) is 9.73 Å². The molecule has 0 saturated carbocycles. The highest BCUT2D eigenvalue weighted by molar-refractivity contribution is 8.15. The second kappa shape index (κ2) is 12.9. The minimum Gasteiger partial charge on any atom is -0.462 e. The van der Waals surface area contributed by atoms with Crippen LogP contribution in [0.5, 0.6) is 0 Å². The molecule has 0 radical (unpaired) electrons. The van der Waals surface area contributed by atoms with E-state index in [2.05, 4.69) is 5.32 Å². The Kier molecular flexibility index (Phi) is 9.10. The van der Waals surface area contributed by atoms with Gasteiger partial charge in [0.05, 0.1) is 29.7 Å². The molecule has 1 heterocycles. The van der Waals surface area contributed by atoms with E-state index in [0.29, 0.717) is 42.5 Å². The SMILES string of the molecule is CCOC(=O)c1ccc(N=C2SC(C(=O)NCCc3ccccc3)CC(=O)N2Cc2ccccc2)cc1. The smallest absolute Gasteiger partial charge is 0.338 e. The Bertz CT molecular complexity index is 1250. The Morgan fingerprint density at radius 1 is 0.973 bits per heavy atom. The number of esters is 1. The molecule has 7 nitrogen and oxygen atoms in total. The minimum atomic E-state index is -0.576. The summed E-state index contributed by atoms with van der Waals surface area (Å²) in [7, 11) is 0. The van der Waals surface area contributed by atoms with Gasteiger partial charge in [0.1, 0.15) is 0 Å². The molecule has 4 rings (SSSR count). The maximum Gasteiger partial charge on any atom is 0.338 e. The average molecular weight is 516 g/mol. The van der Waals surface area contributed by atoms with Gasteiger partial charge in [0, 0.05) is 13.0 Å². The number of aliphatic imine (C=N–C) groups is 1. The second-order valence-electron chi connectivity index (χ2n) is 8.46. The van der Waals surface area contributed by atoms with Gasteiger partial charge in [0.25, 0.3) is 0 Å². The summed E-state index contributed by atoms with van der Waals surface area (Å²) in [5.74, 6) is -0.742. The highest BCUT2D eigenvalue weighted by Gasteiger charge is 2.35. The number of ether oxygens (including phenoxy) is 1. The Labute approximate surface area is 220 Å². The molecule has 1 aliphatic rings. The lowest BCUT2D eigenvalue weighted by Crippen LogP contribution is -2.46. The van der Waals surface area contributed by atoms with E-state index < -0.39 is 11.2 Å². The predicted molar refractivity (Wildman–Crippen MR) is 146 cm³/mol. The fourth-order valence-electron chi connectivity index (χ4n) is 3.85. The Morgan fingerprint density at radius 3 is 2.27 bits per heavy atom. The number of thioether (sulfide) groups is 1. The Morgan fingerprint density at radius 2 is 1.62 bits per heavy atom. The zero-order valence-corrected chi connectivity index (χ0v) is 21.4. The van der Waals surface area contributed by atoms with Crippen LogP contribution < -0.4 is 5.32 Å². The van der Waals surface area contributed by atoms with Gasteiger partial charge >= 0.3 is 5.97 Å². The minimum absolute atomic E-state index is 0.0927. The number of rotatable bonds is 9. The van der Waals surface area contributed by atoms with Gasteiger partial charge in [0.2, 0.25) is 11.8 Å². The molecule has 190 valence electrons. The van der Waals surface area contributed by atoms with Crippen LogP contribution >= 0.6 is 11.8 Å². The normalized spacial score (nSPS) is 16.5. The van der Waals surface area contributed by atoms with Crippen molar-refractivity contribution in [1.82, 2.24) is 10.2 Å². The van der Waals surface area contributed by atoms with E-state index in [1.807, 2.05) is 60.7 Å². The standard InChI is InChI=1S/C29H29N3O4S/c1-2-36-28(35)23-13-15-24(16-14-23)31-29-32(20-22-11-7-4-8-12-22)26(33)19-25(37-29)27(34)30-18-17-21-9-5-3-6-10-21/h3-16,25H,2,17-20H2,1H3,(H,30,34). The zero-order chi connectivity index (χ0) is 26.0. The topological polar surface area (TPSA) is 88.1 Å². The third-order valence-electron chi connectivity index (χ3n) is 5.77. The number of carbonyl (C=O) groups is 3. The molecule has 1 aliphatic heterocycles. The third-order valence-corrected chi connectivity index (χ3v) is 6.96. The summed E-state index contributed by atoms with van der Waals surface area (Å²) in [5, 5.41) is 2.84. The van der Waals surface area contributed by atoms with Crippen LogP contribution in [0.25, 0.3) is 0 Å². The van der Waals surface area contributed by atoms with Crippen molar-refractivity contribution < 1.29 is 19.1 Å². The van der Waals surface area contributed by atoms with Crippen LogP contribution in [0, 0.1) is 0 Å². The van der Waals surface area contributed by atoms with Crippen LogP contribution in [0.4, 0.5) is 5.69 Å². The molecule has 1 fully saturated rings. The van der Waals surface area contributed by atoms with Crippen molar-refractivity contribution in [3.63, 3.8) is 0 Å². The first-order valence-electron chi connectivity index (χ1n) is 12.2. The van der Waals surface area contributed by atoms with E-state index in [9.17, 15) is 14.4 Å². The number of amidine groups is 1. The van der Waals surface area contributed by atoms with E-state index in [1.165, 1.54) is 11.8 Å². The molecule has 8 heteroatoms. The highest BCUT2D eigenvalue weighted by atomic mass is 32.2. The van der Waals surface area contributed by atoms with Crippen LogP contribution in [0.2, 0.25) is 0 Å². The van der Waals surface area contributed by atoms with Crippen LogP contribution in [0.15, 0.2) is 89.9 Å². The monoisotopic (exact) mass is 515 g/mol. The van der Waals surface area contributed by atoms with E-state index in [0.717, 1.165) is 11.1 Å². The summed E-state index contributed by atoms with van der Waals surface area (Å²) >= 11 is 1.28. The van der Waals surface area contributed by atoms with Gasteiger partial charge in [-0.1, -0.05) is 72.4 Å². The molecule has 1 saturated heterocycles. The van der Waals surface area contributed by atoms with Crippen molar-refractivity contribution in [3.05, 3.63) is 102 Å². The predicted octanol–water partition coefficient (Wildman–Crippen LogP) is 4.74. The molecule has 0 bridgehead atoms. The van der Waals surface area contributed by atoms with Gasteiger partial charge < -0.3 is 10.1 Å². The maximum absolute atomic E-state index is 13.2. The van der Waals surface area contributed by atoms with E-state index in [-0.39, 0.29) is 18.2 Å². The molecular formula is C29H29N3O4S. The first-order chi connectivity index (χ1) is 18.0. The van der Waals surface area contributed by atoms with Crippen molar-refractivity contribution >= 4 is 40.4 Å². The molecule has 37 heavy (non-hydrogen) atoms. The van der Waals surface area contributed by atoms with Crippen molar-refractivity contribution in [2.45, 2.75) is 31.6 Å². The Hall–Kier alpha value is -3.91. The van der Waals surface area contributed by atoms with Gasteiger partial charge in [-0.2, -0.15) is 0 Å². The number of carbonyl (C=O) groups excluding carboxylic acids is 3. The molecule has 1 atom stereocenters. The summed E-state index contributed by atoms with van der Waals surface area (Å²) < 4.78 is 5.04. The lowest BCUT2D eigenvalue weighted by molar-refractivity contribution is -0.130. The fourth-order valence-corrected chi connectivity index (χ4v) is 4.97. The number of amides is 2. The summed E-state index contributed by atoms with van der Waals surface area (Å²) in [6, 6.07) is 26.3. The number of hydrogen-bond acceptors (Lipinski definition) is 6. The van der Waals surface area contributed by atoms with Crippen molar-refractivity contribution in [2.75, 3.05) is 13.2 Å². The summed E-state index contributed by atoms with van der Waals surface area (Å²) in [6.45, 7) is 2.90. The molecule has 0 aromatic heterocycles. The lowest BCUT2D eigenvalue weighted by Gasteiger charge is -2.32. The average Bonchev–Trinajstić information content (AvgIpc) is 2.92. The van der Waals surface area contributed by atoms with Gasteiger partial charge in [0.15, 0.2) is 5.17 Å². The van der Waals surface area contributed by atoms with Gasteiger partial charge in [-0.05, 0) is 48.7 Å². The van der Waals surface area contributed by atoms with Crippen LogP contribution in [0.3, 0.4) is 0 Å². The summed E-state index contributed by atoms with van der Waals surface area (Å²) in [5.41, 5.74) is 3.10. The first kappa shape index (κ1) is 26.2. The van der Waals surface area contributed by atoms with E-state index in [1.54, 1.807) is 36.1 Å². The summed E-state index contributed by atoms with van der Waals surface area (Å²) in [4.78, 5) is 44.5. The molecular weight excluding hydrogens is 486 g/mol. The molecule has 0 spiro atoms.